The van der Waals surface area contributed by atoms with Gasteiger partial charge >= 0.3 is 11.9 Å². The minimum atomic E-state index is -0.285. The predicted octanol–water partition coefficient (Wildman–Crippen LogP) is 3.76. The van der Waals surface area contributed by atoms with Gasteiger partial charge in [-0.05, 0) is 60.1 Å². The second-order valence-electron chi connectivity index (χ2n) is 6.78. The molecule has 2 aromatic carbocycles. The molecule has 0 bridgehead atoms. The number of hydrogen-bond donors (Lipinski definition) is 0. The van der Waals surface area contributed by atoms with Crippen molar-refractivity contribution in [2.24, 2.45) is 0 Å². The summed E-state index contributed by atoms with van der Waals surface area (Å²) in [5.74, 6) is -0.924. The summed E-state index contributed by atoms with van der Waals surface area (Å²) in [5, 5.41) is 0. The van der Waals surface area contributed by atoms with Gasteiger partial charge < -0.3 is 9.47 Å². The van der Waals surface area contributed by atoms with Crippen LogP contribution in [0.5, 0.6) is 0 Å². The molecule has 0 spiro atoms. The monoisotopic (exact) mass is 350 g/mol. The maximum Gasteiger partial charge on any atom is 0.313 e. The van der Waals surface area contributed by atoms with Crippen LogP contribution < -0.4 is 0 Å². The van der Waals surface area contributed by atoms with Gasteiger partial charge in [-0.3, -0.25) is 9.59 Å². The van der Waals surface area contributed by atoms with Crippen molar-refractivity contribution in [2.75, 3.05) is 13.2 Å². The van der Waals surface area contributed by atoms with Crippen LogP contribution in [-0.2, 0) is 31.9 Å². The van der Waals surface area contributed by atoms with Crippen molar-refractivity contribution in [1.82, 2.24) is 0 Å². The van der Waals surface area contributed by atoms with Crippen molar-refractivity contribution < 1.29 is 19.1 Å². The zero-order chi connectivity index (χ0) is 18.3. The van der Waals surface area contributed by atoms with Crippen LogP contribution in [0.15, 0.2) is 36.4 Å². The molecule has 0 heterocycles. The number of hydrogen-bond acceptors (Lipinski definition) is 4. The first kappa shape index (κ1) is 16.8. The Morgan fingerprint density at radius 3 is 1.62 bits per heavy atom. The molecule has 2 atom stereocenters. The Balaban J connectivity index is 1.88. The smallest absolute Gasteiger partial charge is 0.313 e. The average Bonchev–Trinajstić information content (AvgIpc) is 2.65. The number of rotatable bonds is 4. The van der Waals surface area contributed by atoms with Crippen LogP contribution in [0.3, 0.4) is 0 Å². The molecular formula is C22H22O4. The lowest BCUT2D eigenvalue weighted by molar-refractivity contribution is -0.146. The highest BCUT2D eigenvalue weighted by Gasteiger charge is 2.39. The molecule has 134 valence electrons. The molecule has 0 amide bonds. The lowest BCUT2D eigenvalue weighted by Crippen LogP contribution is -2.28. The lowest BCUT2D eigenvalue weighted by atomic mass is 9.69. The molecule has 4 heteroatoms. The van der Waals surface area contributed by atoms with Gasteiger partial charge in [0.2, 0.25) is 0 Å². The zero-order valence-electron chi connectivity index (χ0n) is 15.1. The van der Waals surface area contributed by atoms with Gasteiger partial charge in [-0.15, -0.1) is 0 Å². The van der Waals surface area contributed by atoms with Gasteiger partial charge in [-0.2, -0.15) is 0 Å². The summed E-state index contributed by atoms with van der Waals surface area (Å²) in [4.78, 5) is 25.1. The fraction of sp³-hybridized carbons (Fsp3) is 0.364. The van der Waals surface area contributed by atoms with E-state index in [9.17, 15) is 9.59 Å². The number of esters is 2. The maximum absolute atomic E-state index is 12.5. The summed E-state index contributed by atoms with van der Waals surface area (Å²) in [5.41, 5.74) is 6.47. The van der Waals surface area contributed by atoms with E-state index in [1.54, 1.807) is 0 Å². The Bertz CT molecular complexity index is 810. The molecule has 26 heavy (non-hydrogen) atoms. The van der Waals surface area contributed by atoms with Crippen LogP contribution in [-0.4, -0.2) is 25.2 Å². The molecular weight excluding hydrogens is 328 g/mol. The van der Waals surface area contributed by atoms with E-state index in [-0.39, 0.29) is 23.8 Å². The fourth-order valence-electron chi connectivity index (χ4n) is 4.34. The molecule has 0 N–H and O–H groups in total. The first-order chi connectivity index (χ1) is 12.7. The molecule has 0 fully saturated rings. The molecule has 0 saturated heterocycles. The van der Waals surface area contributed by atoms with Crippen LogP contribution in [0.25, 0.3) is 11.1 Å². The first-order valence-corrected chi connectivity index (χ1v) is 9.22. The summed E-state index contributed by atoms with van der Waals surface area (Å²) in [6.45, 7) is 4.42. The Kier molecular flexibility index (Phi) is 4.27. The predicted molar refractivity (Wildman–Crippen MR) is 98.0 cm³/mol. The van der Waals surface area contributed by atoms with E-state index in [0.29, 0.717) is 26.1 Å². The third-order valence-electron chi connectivity index (χ3n) is 5.36. The quantitative estimate of drug-likeness (QED) is 0.788. The topological polar surface area (TPSA) is 52.6 Å². The molecule has 0 aliphatic heterocycles. The number of carbonyl (C=O) groups excluding carboxylic acids is 2. The molecule has 4 rings (SSSR count). The van der Waals surface area contributed by atoms with Gasteiger partial charge in [0.15, 0.2) is 0 Å². The van der Waals surface area contributed by atoms with Crippen LogP contribution >= 0.6 is 0 Å². The molecule has 2 aromatic rings. The van der Waals surface area contributed by atoms with Crippen molar-refractivity contribution >= 4 is 11.9 Å². The Labute approximate surface area is 153 Å². The Hall–Kier alpha value is -2.62. The van der Waals surface area contributed by atoms with Crippen molar-refractivity contribution in [3.8, 4) is 11.1 Å². The van der Waals surface area contributed by atoms with Crippen molar-refractivity contribution in [2.45, 2.75) is 38.5 Å². The highest BCUT2D eigenvalue weighted by molar-refractivity contribution is 5.93. The largest absolute Gasteiger partial charge is 0.466 e. The van der Waals surface area contributed by atoms with Gasteiger partial charge in [-0.25, -0.2) is 0 Å². The van der Waals surface area contributed by atoms with Crippen LogP contribution in [0, 0.1) is 0 Å². The minimum Gasteiger partial charge on any atom is -0.466 e. The Morgan fingerprint density at radius 1 is 0.808 bits per heavy atom. The van der Waals surface area contributed by atoms with E-state index < -0.39 is 0 Å². The standard InChI is InChI=1S/C22H22O4/c1-3-25-21(23)17-11-13-7-6-10-16-18(22(24)26-4-2)12-14-8-5-9-15(17)19(14)20(13)16/h5-10,17-18H,3-4,11-12H2,1-2H3/t17-,18+. The van der Waals surface area contributed by atoms with Gasteiger partial charge in [0.25, 0.3) is 0 Å². The van der Waals surface area contributed by atoms with Crippen molar-refractivity contribution in [1.29, 1.82) is 0 Å². The van der Waals surface area contributed by atoms with Gasteiger partial charge in [-0.1, -0.05) is 36.4 Å². The minimum absolute atomic E-state index is 0.176. The first-order valence-electron chi connectivity index (χ1n) is 9.22. The van der Waals surface area contributed by atoms with Crippen molar-refractivity contribution in [3.63, 3.8) is 0 Å². The summed E-state index contributed by atoms with van der Waals surface area (Å²) in [6, 6.07) is 12.1. The third kappa shape index (κ3) is 2.52. The van der Waals surface area contributed by atoms with E-state index in [4.69, 9.17) is 9.47 Å². The van der Waals surface area contributed by atoms with Crippen LogP contribution in [0.4, 0.5) is 0 Å². The van der Waals surface area contributed by atoms with E-state index in [0.717, 1.165) is 33.4 Å². The molecule has 2 aliphatic carbocycles. The highest BCUT2D eigenvalue weighted by atomic mass is 16.5. The highest BCUT2D eigenvalue weighted by Crippen LogP contribution is 2.49. The Morgan fingerprint density at radius 2 is 1.23 bits per heavy atom. The molecule has 2 aliphatic rings. The molecule has 0 radical (unpaired) electrons. The van der Waals surface area contributed by atoms with E-state index in [1.165, 1.54) is 0 Å². The SMILES string of the molecule is CCOC(=O)[C@H]1Cc2cccc3c2-c2c(cccc21)C[C@H]3C(=O)OCC. The number of benzene rings is 2. The van der Waals surface area contributed by atoms with Crippen LogP contribution in [0.2, 0.25) is 0 Å². The third-order valence-corrected chi connectivity index (χ3v) is 5.36. The van der Waals surface area contributed by atoms with Gasteiger partial charge in [0, 0.05) is 0 Å². The van der Waals surface area contributed by atoms with Crippen molar-refractivity contribution in [3.05, 3.63) is 58.7 Å². The maximum atomic E-state index is 12.5. The van der Waals surface area contributed by atoms with Crippen LogP contribution in [0.1, 0.15) is 47.9 Å². The molecule has 0 unspecified atom stereocenters. The summed E-state index contributed by atoms with van der Waals surface area (Å²) < 4.78 is 10.6. The average molecular weight is 350 g/mol. The summed E-state index contributed by atoms with van der Waals surface area (Å²) in [6.07, 6.45) is 1.21. The van der Waals surface area contributed by atoms with E-state index in [1.807, 2.05) is 38.1 Å². The molecule has 4 nitrogen and oxygen atoms in total. The molecule has 0 aromatic heterocycles. The summed E-state index contributed by atoms with van der Waals surface area (Å²) in [7, 11) is 0. The number of carbonyl (C=O) groups is 2. The zero-order valence-corrected chi connectivity index (χ0v) is 15.1. The van der Waals surface area contributed by atoms with Gasteiger partial charge in [0.1, 0.15) is 0 Å². The second kappa shape index (κ2) is 6.60. The van der Waals surface area contributed by atoms with E-state index >= 15 is 0 Å². The summed E-state index contributed by atoms with van der Waals surface area (Å²) >= 11 is 0. The normalized spacial score (nSPS) is 19.5. The van der Waals surface area contributed by atoms with E-state index in [2.05, 4.69) is 12.1 Å². The van der Waals surface area contributed by atoms with Gasteiger partial charge in [0.05, 0.1) is 25.0 Å². The second-order valence-corrected chi connectivity index (χ2v) is 6.78. The molecule has 0 saturated carbocycles. The number of ether oxygens (including phenoxy) is 2. The lowest BCUT2D eigenvalue weighted by Gasteiger charge is -2.35. The fourth-order valence-corrected chi connectivity index (χ4v) is 4.34.